The van der Waals surface area contributed by atoms with Gasteiger partial charge in [0.2, 0.25) is 0 Å². The predicted molar refractivity (Wildman–Crippen MR) is 81.8 cm³/mol. The van der Waals surface area contributed by atoms with Crippen LogP contribution in [-0.2, 0) is 19.1 Å². The van der Waals surface area contributed by atoms with E-state index in [0.29, 0.717) is 11.8 Å². The average Bonchev–Trinajstić information content (AvgIpc) is 2.80. The fourth-order valence-corrected chi connectivity index (χ4v) is 4.10. The van der Waals surface area contributed by atoms with Gasteiger partial charge in [-0.3, -0.25) is 4.79 Å². The first-order chi connectivity index (χ1) is 10.3. The van der Waals surface area contributed by atoms with Gasteiger partial charge in [-0.1, -0.05) is 25.5 Å². The maximum Gasteiger partial charge on any atom is 0.331 e. The zero-order valence-corrected chi connectivity index (χ0v) is 13.7. The fraction of sp³-hybridized carbons (Fsp3) is 0.667. The van der Waals surface area contributed by atoms with E-state index >= 15 is 0 Å². The maximum atomic E-state index is 12.7. The second-order valence-corrected chi connectivity index (χ2v) is 7.32. The molecule has 1 aliphatic carbocycles. The van der Waals surface area contributed by atoms with Crippen molar-refractivity contribution in [1.82, 2.24) is 0 Å². The molecule has 0 aromatic carbocycles. The number of rotatable bonds is 2. The quantitative estimate of drug-likeness (QED) is 0.581. The van der Waals surface area contributed by atoms with Gasteiger partial charge in [0, 0.05) is 6.08 Å². The highest BCUT2D eigenvalue weighted by Crippen LogP contribution is 2.47. The molecule has 0 amide bonds. The molecule has 0 spiro atoms. The first kappa shape index (κ1) is 15.3. The Morgan fingerprint density at radius 2 is 2.05 bits per heavy atom. The molecule has 0 N–H and O–H groups in total. The van der Waals surface area contributed by atoms with Crippen LogP contribution in [0.5, 0.6) is 0 Å². The minimum Gasteiger partial charge on any atom is -0.457 e. The lowest BCUT2D eigenvalue weighted by atomic mass is 9.64. The number of carbonyl (C=O) groups is 2. The van der Waals surface area contributed by atoms with Crippen LogP contribution < -0.4 is 0 Å². The summed E-state index contributed by atoms with van der Waals surface area (Å²) in [6.45, 7) is 8.24. The summed E-state index contributed by atoms with van der Waals surface area (Å²) in [7, 11) is 0. The van der Waals surface area contributed by atoms with Gasteiger partial charge in [0.1, 0.15) is 6.10 Å². The SMILES string of the molecule is CC1=CC[C@H](C(C)C)[C@H]2C(=O)O[C@@H]([C@]3(C)C=CC(=O)O3)C[C@@H]12. The molecule has 0 unspecified atom stereocenters. The zero-order valence-electron chi connectivity index (χ0n) is 13.7. The van der Waals surface area contributed by atoms with E-state index in [4.69, 9.17) is 9.47 Å². The van der Waals surface area contributed by atoms with Crippen LogP contribution in [0.3, 0.4) is 0 Å². The minimum atomic E-state index is -0.831. The summed E-state index contributed by atoms with van der Waals surface area (Å²) in [6, 6.07) is 0. The van der Waals surface area contributed by atoms with Gasteiger partial charge in [0.05, 0.1) is 5.92 Å². The molecule has 3 rings (SSSR count). The van der Waals surface area contributed by atoms with Crippen LogP contribution in [0.2, 0.25) is 0 Å². The summed E-state index contributed by atoms with van der Waals surface area (Å²) in [5.74, 6) is 0.404. The van der Waals surface area contributed by atoms with Gasteiger partial charge < -0.3 is 9.47 Å². The Morgan fingerprint density at radius 1 is 1.32 bits per heavy atom. The van der Waals surface area contributed by atoms with Crippen molar-refractivity contribution in [2.24, 2.45) is 23.7 Å². The minimum absolute atomic E-state index is 0.0639. The van der Waals surface area contributed by atoms with Crippen LogP contribution in [0.4, 0.5) is 0 Å². The molecule has 0 bridgehead atoms. The van der Waals surface area contributed by atoms with E-state index in [9.17, 15) is 9.59 Å². The number of fused-ring (bicyclic) bond motifs is 1. The summed E-state index contributed by atoms with van der Waals surface area (Å²) in [5.41, 5.74) is 0.434. The normalized spacial score (nSPS) is 41.0. The number of cyclic esters (lactones) is 2. The topological polar surface area (TPSA) is 52.6 Å². The van der Waals surface area contributed by atoms with Crippen LogP contribution in [0.15, 0.2) is 23.8 Å². The smallest absolute Gasteiger partial charge is 0.331 e. The van der Waals surface area contributed by atoms with Gasteiger partial charge in [-0.05, 0) is 50.5 Å². The molecule has 0 radical (unpaired) electrons. The number of carbonyl (C=O) groups excluding carboxylic acids is 2. The lowest BCUT2D eigenvalue weighted by molar-refractivity contribution is -0.188. The Hall–Kier alpha value is -1.58. The van der Waals surface area contributed by atoms with Crippen molar-refractivity contribution < 1.29 is 19.1 Å². The van der Waals surface area contributed by atoms with Crippen molar-refractivity contribution in [1.29, 1.82) is 0 Å². The molecule has 0 aromatic heterocycles. The Morgan fingerprint density at radius 3 is 2.64 bits per heavy atom. The molecule has 3 aliphatic rings. The third-order valence-electron chi connectivity index (χ3n) is 5.56. The van der Waals surface area contributed by atoms with Crippen LogP contribution >= 0.6 is 0 Å². The first-order valence-electron chi connectivity index (χ1n) is 8.11. The molecule has 2 heterocycles. The number of hydrogen-bond acceptors (Lipinski definition) is 4. The Balaban J connectivity index is 1.87. The molecule has 4 nitrogen and oxygen atoms in total. The van der Waals surface area contributed by atoms with Crippen LogP contribution in [0.1, 0.15) is 40.5 Å². The molecule has 22 heavy (non-hydrogen) atoms. The lowest BCUT2D eigenvalue weighted by Gasteiger charge is -2.46. The Labute approximate surface area is 131 Å². The van der Waals surface area contributed by atoms with Crippen molar-refractivity contribution in [3.8, 4) is 0 Å². The standard InChI is InChI=1S/C18H24O4/c1-10(2)12-6-5-11(3)13-9-14(21-17(20)16(12)13)18(4)8-7-15(19)22-18/h5,7-8,10,12-14,16H,6,9H2,1-4H3/t12-,13+,14-,16-,18+/m1/s1. The second kappa shape index (κ2) is 5.25. The Kier molecular flexibility index (Phi) is 3.66. The van der Waals surface area contributed by atoms with E-state index in [1.165, 1.54) is 11.6 Å². The van der Waals surface area contributed by atoms with Crippen molar-refractivity contribution in [2.45, 2.75) is 52.2 Å². The number of ether oxygens (including phenoxy) is 2. The highest BCUT2D eigenvalue weighted by Gasteiger charge is 2.52. The number of hydrogen-bond donors (Lipinski definition) is 0. The fourth-order valence-electron chi connectivity index (χ4n) is 4.10. The van der Waals surface area contributed by atoms with Crippen LogP contribution in [0, 0.1) is 23.7 Å². The van der Waals surface area contributed by atoms with Crippen LogP contribution in [0.25, 0.3) is 0 Å². The van der Waals surface area contributed by atoms with E-state index in [-0.39, 0.29) is 23.8 Å². The summed E-state index contributed by atoms with van der Waals surface area (Å²) < 4.78 is 11.1. The van der Waals surface area contributed by atoms with E-state index in [2.05, 4.69) is 26.8 Å². The second-order valence-electron chi connectivity index (χ2n) is 7.32. The monoisotopic (exact) mass is 304 g/mol. The van der Waals surface area contributed by atoms with Crippen molar-refractivity contribution >= 4 is 11.9 Å². The molecule has 0 saturated carbocycles. The largest absolute Gasteiger partial charge is 0.457 e. The van der Waals surface area contributed by atoms with Gasteiger partial charge in [0.25, 0.3) is 0 Å². The lowest BCUT2D eigenvalue weighted by Crippen LogP contribution is -2.52. The molecule has 4 heteroatoms. The molecular weight excluding hydrogens is 280 g/mol. The first-order valence-corrected chi connectivity index (χ1v) is 8.11. The van der Waals surface area contributed by atoms with Gasteiger partial charge in [-0.2, -0.15) is 0 Å². The summed E-state index contributed by atoms with van der Waals surface area (Å²) >= 11 is 0. The maximum absolute atomic E-state index is 12.7. The summed E-state index contributed by atoms with van der Waals surface area (Å²) in [4.78, 5) is 24.1. The number of esters is 2. The molecule has 5 atom stereocenters. The predicted octanol–water partition coefficient (Wildman–Crippen LogP) is 3.03. The van der Waals surface area contributed by atoms with Crippen molar-refractivity contribution in [2.75, 3.05) is 0 Å². The molecular formula is C18H24O4. The number of allylic oxidation sites excluding steroid dienone is 2. The van der Waals surface area contributed by atoms with Gasteiger partial charge in [0.15, 0.2) is 5.60 Å². The molecule has 1 fully saturated rings. The van der Waals surface area contributed by atoms with E-state index in [1.807, 2.05) is 6.92 Å². The van der Waals surface area contributed by atoms with Crippen molar-refractivity contribution in [3.63, 3.8) is 0 Å². The van der Waals surface area contributed by atoms with Gasteiger partial charge in [-0.25, -0.2) is 4.79 Å². The third kappa shape index (κ3) is 2.38. The Bertz CT molecular complexity index is 559. The highest BCUT2D eigenvalue weighted by molar-refractivity contribution is 5.85. The zero-order chi connectivity index (χ0) is 16.1. The van der Waals surface area contributed by atoms with Crippen molar-refractivity contribution in [3.05, 3.63) is 23.8 Å². The third-order valence-corrected chi connectivity index (χ3v) is 5.56. The summed E-state index contributed by atoms with van der Waals surface area (Å²) in [6.07, 6.45) is 6.65. The van der Waals surface area contributed by atoms with Gasteiger partial charge >= 0.3 is 11.9 Å². The summed E-state index contributed by atoms with van der Waals surface area (Å²) in [5, 5.41) is 0. The average molecular weight is 304 g/mol. The molecule has 1 saturated heterocycles. The molecule has 2 aliphatic heterocycles. The van der Waals surface area contributed by atoms with Crippen LogP contribution in [-0.4, -0.2) is 23.6 Å². The van der Waals surface area contributed by atoms with Gasteiger partial charge in [-0.15, -0.1) is 0 Å². The van der Waals surface area contributed by atoms with E-state index < -0.39 is 11.7 Å². The highest BCUT2D eigenvalue weighted by atomic mass is 16.6. The molecule has 120 valence electrons. The molecule has 0 aromatic rings. The van der Waals surface area contributed by atoms with E-state index in [0.717, 1.165) is 12.8 Å². The van der Waals surface area contributed by atoms with E-state index in [1.54, 1.807) is 6.08 Å².